The van der Waals surface area contributed by atoms with E-state index in [9.17, 15) is 0 Å². The smallest absolute Gasteiger partial charge is 0.0675 e. The SMILES string of the molecule is [CH2]CCC(C)C(C)(C)[C](C(C)OCC(=C)C)C(C)OCC(=C)C. The summed E-state index contributed by atoms with van der Waals surface area (Å²) in [5.41, 5.74) is 2.09. The molecule has 134 valence electrons. The van der Waals surface area contributed by atoms with E-state index in [1.807, 2.05) is 13.8 Å². The Morgan fingerprint density at radius 2 is 1.30 bits per heavy atom. The van der Waals surface area contributed by atoms with Crippen LogP contribution in [0.25, 0.3) is 0 Å². The summed E-state index contributed by atoms with van der Waals surface area (Å²) in [6.07, 6.45) is 2.08. The van der Waals surface area contributed by atoms with E-state index in [4.69, 9.17) is 9.47 Å². The molecule has 0 saturated heterocycles. The molecule has 2 radical (unpaired) electrons. The lowest BCUT2D eigenvalue weighted by Gasteiger charge is -2.44. The maximum atomic E-state index is 6.05. The molecule has 2 nitrogen and oxygen atoms in total. The van der Waals surface area contributed by atoms with Crippen molar-refractivity contribution >= 4 is 0 Å². The van der Waals surface area contributed by atoms with E-state index in [1.54, 1.807) is 0 Å². The number of ether oxygens (including phenoxy) is 2. The second-order valence-corrected chi connectivity index (χ2v) is 7.54. The van der Waals surface area contributed by atoms with Gasteiger partial charge in [0.1, 0.15) is 0 Å². The molecular formula is C21H38O2. The maximum Gasteiger partial charge on any atom is 0.0675 e. The first kappa shape index (κ1) is 22.4. The average molecular weight is 323 g/mol. The summed E-state index contributed by atoms with van der Waals surface area (Å²) in [7, 11) is 0. The second kappa shape index (κ2) is 10.3. The van der Waals surface area contributed by atoms with Crippen LogP contribution in [0, 0.1) is 24.2 Å². The van der Waals surface area contributed by atoms with E-state index in [1.165, 1.54) is 5.92 Å². The molecule has 0 aromatic heterocycles. The van der Waals surface area contributed by atoms with Crippen molar-refractivity contribution in [3.63, 3.8) is 0 Å². The summed E-state index contributed by atoms with van der Waals surface area (Å²) in [5.74, 6) is 1.82. The molecule has 0 fully saturated rings. The van der Waals surface area contributed by atoms with Crippen molar-refractivity contribution in [2.24, 2.45) is 11.3 Å². The molecule has 0 aromatic rings. The molecule has 0 heterocycles. The Labute approximate surface area is 145 Å². The third-order valence-corrected chi connectivity index (χ3v) is 4.65. The molecule has 0 N–H and O–H groups in total. The van der Waals surface area contributed by atoms with Crippen molar-refractivity contribution in [3.05, 3.63) is 37.1 Å². The zero-order valence-corrected chi connectivity index (χ0v) is 16.5. The molecule has 3 unspecified atom stereocenters. The standard InChI is InChI=1S/C21H38O2/c1-11-12-17(6)21(9,10)20(18(7)22-13-15(2)3)19(8)23-14-16(4)5/h17-19H,1-2,4,11-14H2,3,5-10H3. The molecule has 0 aliphatic carbocycles. The van der Waals surface area contributed by atoms with Crippen LogP contribution >= 0.6 is 0 Å². The van der Waals surface area contributed by atoms with E-state index in [2.05, 4.69) is 54.7 Å². The van der Waals surface area contributed by atoms with Gasteiger partial charge in [0, 0.05) is 5.92 Å². The van der Waals surface area contributed by atoms with Crippen LogP contribution in [-0.2, 0) is 9.47 Å². The van der Waals surface area contributed by atoms with E-state index < -0.39 is 0 Å². The van der Waals surface area contributed by atoms with Crippen LogP contribution in [0.5, 0.6) is 0 Å². The van der Waals surface area contributed by atoms with Gasteiger partial charge < -0.3 is 9.47 Å². The summed E-state index contributed by atoms with van der Waals surface area (Å²) < 4.78 is 12.1. The highest BCUT2D eigenvalue weighted by Crippen LogP contribution is 2.44. The number of hydrogen-bond acceptors (Lipinski definition) is 2. The van der Waals surface area contributed by atoms with Gasteiger partial charge in [0.25, 0.3) is 0 Å². The Morgan fingerprint density at radius 3 is 1.61 bits per heavy atom. The highest BCUT2D eigenvalue weighted by molar-refractivity contribution is 5.14. The van der Waals surface area contributed by atoms with Crippen molar-refractivity contribution in [1.82, 2.24) is 0 Å². The molecule has 0 amide bonds. The van der Waals surface area contributed by atoms with E-state index >= 15 is 0 Å². The van der Waals surface area contributed by atoms with Crippen LogP contribution in [0.4, 0.5) is 0 Å². The Kier molecular flexibility index (Phi) is 10.0. The molecule has 0 spiro atoms. The average Bonchev–Trinajstić information content (AvgIpc) is 2.43. The zero-order chi connectivity index (χ0) is 18.2. The third kappa shape index (κ3) is 7.67. The predicted octanol–water partition coefficient (Wildman–Crippen LogP) is 5.80. The Bertz CT molecular complexity index is 346. The van der Waals surface area contributed by atoms with Crippen molar-refractivity contribution in [1.29, 1.82) is 0 Å². The fourth-order valence-corrected chi connectivity index (χ4v) is 3.04. The molecule has 0 aliphatic rings. The molecule has 0 rings (SSSR count). The van der Waals surface area contributed by atoms with Gasteiger partial charge in [0.15, 0.2) is 0 Å². The van der Waals surface area contributed by atoms with Gasteiger partial charge in [-0.15, -0.1) is 0 Å². The second-order valence-electron chi connectivity index (χ2n) is 7.54. The lowest BCUT2D eigenvalue weighted by atomic mass is 9.65. The van der Waals surface area contributed by atoms with Gasteiger partial charge in [-0.3, -0.25) is 0 Å². The minimum atomic E-state index is 0.0146. The first-order valence-electron chi connectivity index (χ1n) is 8.72. The summed E-state index contributed by atoms with van der Waals surface area (Å²) in [6.45, 7) is 28.1. The third-order valence-electron chi connectivity index (χ3n) is 4.65. The van der Waals surface area contributed by atoms with Crippen LogP contribution in [-0.4, -0.2) is 25.4 Å². The molecule has 0 bridgehead atoms. The first-order valence-corrected chi connectivity index (χ1v) is 8.72. The van der Waals surface area contributed by atoms with Crippen LogP contribution in [0.2, 0.25) is 0 Å². The van der Waals surface area contributed by atoms with Crippen molar-refractivity contribution in [2.75, 3.05) is 13.2 Å². The van der Waals surface area contributed by atoms with Gasteiger partial charge in [0.2, 0.25) is 0 Å². The Balaban J connectivity index is 5.24. The summed E-state index contributed by atoms with van der Waals surface area (Å²) >= 11 is 0. The van der Waals surface area contributed by atoms with Gasteiger partial charge in [-0.25, -0.2) is 0 Å². The van der Waals surface area contributed by atoms with E-state index in [0.717, 1.165) is 24.0 Å². The first-order chi connectivity index (χ1) is 10.5. The minimum absolute atomic E-state index is 0.0146. The summed E-state index contributed by atoms with van der Waals surface area (Å²) in [4.78, 5) is 0. The monoisotopic (exact) mass is 322 g/mol. The van der Waals surface area contributed by atoms with E-state index in [0.29, 0.717) is 19.1 Å². The van der Waals surface area contributed by atoms with Crippen LogP contribution in [0.1, 0.15) is 61.3 Å². The summed E-state index contributed by atoms with van der Waals surface area (Å²) in [6, 6.07) is 0. The molecule has 23 heavy (non-hydrogen) atoms. The highest BCUT2D eigenvalue weighted by atomic mass is 16.5. The summed E-state index contributed by atoms with van der Waals surface area (Å²) in [5, 5.41) is 0. The lowest BCUT2D eigenvalue weighted by molar-refractivity contribution is -0.0100. The molecule has 0 saturated carbocycles. The maximum absolute atomic E-state index is 6.05. The molecule has 0 aromatic carbocycles. The number of rotatable bonds is 12. The zero-order valence-electron chi connectivity index (χ0n) is 16.5. The number of hydrogen-bond donors (Lipinski definition) is 0. The van der Waals surface area contributed by atoms with Crippen LogP contribution < -0.4 is 0 Å². The molecule has 3 atom stereocenters. The largest absolute Gasteiger partial charge is 0.373 e. The molecule has 2 heteroatoms. The van der Waals surface area contributed by atoms with Crippen molar-refractivity contribution in [2.45, 2.75) is 73.5 Å². The van der Waals surface area contributed by atoms with Gasteiger partial charge >= 0.3 is 0 Å². The predicted molar refractivity (Wildman–Crippen MR) is 101 cm³/mol. The van der Waals surface area contributed by atoms with Gasteiger partial charge in [-0.1, -0.05) is 64.8 Å². The Hall–Kier alpha value is -0.600. The Morgan fingerprint density at radius 1 is 0.913 bits per heavy atom. The minimum Gasteiger partial charge on any atom is -0.373 e. The van der Waals surface area contributed by atoms with Crippen LogP contribution in [0.3, 0.4) is 0 Å². The topological polar surface area (TPSA) is 18.5 Å². The lowest BCUT2D eigenvalue weighted by Crippen LogP contribution is -2.44. The van der Waals surface area contributed by atoms with Crippen LogP contribution in [0.15, 0.2) is 24.3 Å². The molecular weight excluding hydrogens is 284 g/mol. The quantitative estimate of drug-likeness (QED) is 0.423. The van der Waals surface area contributed by atoms with Crippen molar-refractivity contribution < 1.29 is 9.47 Å². The fraction of sp³-hybridized carbons (Fsp3) is 0.714. The van der Waals surface area contributed by atoms with Crippen molar-refractivity contribution in [3.8, 4) is 0 Å². The van der Waals surface area contributed by atoms with E-state index in [-0.39, 0.29) is 17.6 Å². The van der Waals surface area contributed by atoms with Gasteiger partial charge in [0.05, 0.1) is 25.4 Å². The van der Waals surface area contributed by atoms with Gasteiger partial charge in [-0.05, 0) is 39.0 Å². The fourth-order valence-electron chi connectivity index (χ4n) is 3.04. The normalized spacial score (nSPS) is 16.2. The van der Waals surface area contributed by atoms with Gasteiger partial charge in [-0.2, -0.15) is 0 Å². The highest BCUT2D eigenvalue weighted by Gasteiger charge is 2.42. The molecule has 0 aliphatic heterocycles.